The van der Waals surface area contributed by atoms with Crippen LogP contribution in [0.25, 0.3) is 0 Å². The molecule has 0 spiro atoms. The maximum absolute atomic E-state index is 9.14. The van der Waals surface area contributed by atoms with Crippen LogP contribution in [0.2, 0.25) is 0 Å². The maximum atomic E-state index is 9.14. The number of hydrogen-bond donors (Lipinski definition) is 2. The maximum Gasteiger partial charge on any atom is 0.166 e. The van der Waals surface area contributed by atoms with Crippen molar-refractivity contribution in [3.63, 3.8) is 0 Å². The van der Waals surface area contributed by atoms with Crippen molar-refractivity contribution in [1.82, 2.24) is 0 Å². The minimum Gasteiger partial charge on any atom is -0.396 e. The monoisotopic (exact) mass is 356 g/mol. The van der Waals surface area contributed by atoms with E-state index in [1.807, 2.05) is 45.2 Å². The van der Waals surface area contributed by atoms with Gasteiger partial charge in [-0.25, -0.2) is 0 Å². The van der Waals surface area contributed by atoms with Crippen LogP contribution in [0.4, 0.5) is 0 Å². The first-order valence-electron chi connectivity index (χ1n) is 2.77. The standard InChI is InChI=1S/C5H10I2O2/c6-5(7,9)3-1-2-4-8/h8-9H,1-4H2. The fraction of sp³-hybridized carbons (Fsp3) is 1.00. The average molecular weight is 356 g/mol. The summed E-state index contributed by atoms with van der Waals surface area (Å²) in [6.07, 6.45) is 2.42. The van der Waals surface area contributed by atoms with Gasteiger partial charge >= 0.3 is 0 Å². The molecule has 0 aromatic carbocycles. The molecule has 0 unspecified atom stereocenters. The van der Waals surface area contributed by atoms with Crippen LogP contribution >= 0.6 is 45.2 Å². The zero-order chi connectivity index (χ0) is 7.33. The first kappa shape index (κ1) is 10.4. The van der Waals surface area contributed by atoms with Gasteiger partial charge in [-0.2, -0.15) is 0 Å². The summed E-state index contributed by atoms with van der Waals surface area (Å²) in [6, 6.07) is 0. The summed E-state index contributed by atoms with van der Waals surface area (Å²) in [5.41, 5.74) is 0. The van der Waals surface area contributed by atoms with E-state index in [1.54, 1.807) is 0 Å². The van der Waals surface area contributed by atoms with Gasteiger partial charge in [0.2, 0.25) is 0 Å². The summed E-state index contributed by atoms with van der Waals surface area (Å²) < 4.78 is -0.620. The Kier molecular flexibility index (Phi) is 5.87. The molecule has 2 N–H and O–H groups in total. The smallest absolute Gasteiger partial charge is 0.166 e. The molecule has 0 aliphatic heterocycles. The van der Waals surface area contributed by atoms with Crippen LogP contribution in [0.3, 0.4) is 0 Å². The summed E-state index contributed by atoms with van der Waals surface area (Å²) in [7, 11) is 0. The van der Waals surface area contributed by atoms with Crippen molar-refractivity contribution in [3.05, 3.63) is 0 Å². The van der Waals surface area contributed by atoms with Gasteiger partial charge in [-0.05, 0) is 64.4 Å². The molecule has 0 saturated heterocycles. The van der Waals surface area contributed by atoms with Crippen molar-refractivity contribution < 1.29 is 10.2 Å². The van der Waals surface area contributed by atoms with Crippen molar-refractivity contribution >= 4 is 45.2 Å². The Labute approximate surface area is 82.3 Å². The predicted molar refractivity (Wildman–Crippen MR) is 53.9 cm³/mol. The molecule has 9 heavy (non-hydrogen) atoms. The van der Waals surface area contributed by atoms with Crippen LogP contribution in [0.5, 0.6) is 0 Å². The Morgan fingerprint density at radius 2 is 1.78 bits per heavy atom. The number of halogens is 2. The van der Waals surface area contributed by atoms with Gasteiger partial charge in [0, 0.05) is 6.61 Å². The topological polar surface area (TPSA) is 40.5 Å². The largest absolute Gasteiger partial charge is 0.396 e. The van der Waals surface area contributed by atoms with E-state index in [0.717, 1.165) is 19.3 Å². The van der Waals surface area contributed by atoms with Crippen LogP contribution in [-0.4, -0.2) is 18.4 Å². The fourth-order valence-electron chi connectivity index (χ4n) is 0.449. The van der Waals surface area contributed by atoms with E-state index in [1.165, 1.54) is 0 Å². The number of hydrogen-bond acceptors (Lipinski definition) is 2. The molecule has 0 aromatic heterocycles. The lowest BCUT2D eigenvalue weighted by atomic mass is 10.2. The van der Waals surface area contributed by atoms with Crippen LogP contribution in [0.1, 0.15) is 19.3 Å². The van der Waals surface area contributed by atoms with Crippen LogP contribution in [0, 0.1) is 0 Å². The lowest BCUT2D eigenvalue weighted by molar-refractivity contribution is 0.234. The van der Waals surface area contributed by atoms with Crippen LogP contribution < -0.4 is 0 Å². The molecule has 0 fully saturated rings. The van der Waals surface area contributed by atoms with Gasteiger partial charge in [0.25, 0.3) is 0 Å². The normalized spacial score (nSPS) is 12.0. The Balaban J connectivity index is 3.07. The molecular weight excluding hydrogens is 346 g/mol. The van der Waals surface area contributed by atoms with Gasteiger partial charge in [0.1, 0.15) is 0 Å². The van der Waals surface area contributed by atoms with Crippen molar-refractivity contribution in [2.45, 2.75) is 20.9 Å². The third-order valence-electron chi connectivity index (χ3n) is 0.886. The molecule has 0 amide bonds. The third-order valence-corrected chi connectivity index (χ3v) is 1.96. The molecule has 0 atom stereocenters. The van der Waals surface area contributed by atoms with E-state index in [0.29, 0.717) is 0 Å². The molecule has 0 aliphatic carbocycles. The second-order valence-electron chi connectivity index (χ2n) is 1.85. The number of aliphatic hydroxyl groups is 2. The molecule has 0 aliphatic rings. The lowest BCUT2D eigenvalue weighted by Crippen LogP contribution is -2.08. The first-order valence-corrected chi connectivity index (χ1v) is 4.93. The van der Waals surface area contributed by atoms with Gasteiger partial charge < -0.3 is 10.2 Å². The Bertz CT molecular complexity index is 69.8. The highest BCUT2D eigenvalue weighted by Gasteiger charge is 2.15. The van der Waals surface area contributed by atoms with E-state index in [-0.39, 0.29) is 6.61 Å². The van der Waals surface area contributed by atoms with Gasteiger partial charge in [0.05, 0.1) is 0 Å². The number of aliphatic hydroxyl groups excluding tert-OH is 1. The molecule has 0 rings (SSSR count). The summed E-state index contributed by atoms with van der Waals surface area (Å²) in [5, 5.41) is 17.5. The van der Waals surface area contributed by atoms with Gasteiger partial charge in [-0.1, -0.05) is 0 Å². The van der Waals surface area contributed by atoms with Crippen molar-refractivity contribution in [1.29, 1.82) is 0 Å². The molecule has 0 radical (unpaired) electrons. The highest BCUT2D eigenvalue weighted by molar-refractivity contribution is 14.2. The van der Waals surface area contributed by atoms with Crippen LogP contribution in [0.15, 0.2) is 0 Å². The highest BCUT2D eigenvalue weighted by Crippen LogP contribution is 2.29. The van der Waals surface area contributed by atoms with E-state index in [2.05, 4.69) is 0 Å². The Morgan fingerprint density at radius 1 is 1.22 bits per heavy atom. The minimum atomic E-state index is -0.620. The second-order valence-corrected chi connectivity index (χ2v) is 7.48. The van der Waals surface area contributed by atoms with Crippen molar-refractivity contribution in [2.24, 2.45) is 0 Å². The predicted octanol–water partition coefficient (Wildman–Crippen LogP) is 1.67. The van der Waals surface area contributed by atoms with Crippen molar-refractivity contribution in [3.8, 4) is 0 Å². The van der Waals surface area contributed by atoms with Gasteiger partial charge in [-0.15, -0.1) is 0 Å². The van der Waals surface area contributed by atoms with Gasteiger partial charge in [-0.3, -0.25) is 0 Å². The van der Waals surface area contributed by atoms with Crippen molar-refractivity contribution in [2.75, 3.05) is 6.61 Å². The Morgan fingerprint density at radius 3 is 2.11 bits per heavy atom. The molecule has 56 valence electrons. The van der Waals surface area contributed by atoms with E-state index >= 15 is 0 Å². The SMILES string of the molecule is OCCCCC(O)(I)I. The summed E-state index contributed by atoms with van der Waals surface area (Å²) in [5.74, 6) is 0. The minimum absolute atomic E-state index is 0.226. The van der Waals surface area contributed by atoms with E-state index < -0.39 is 1.61 Å². The third kappa shape index (κ3) is 9.38. The molecular formula is C5H10I2O2. The fourth-order valence-corrected chi connectivity index (χ4v) is 1.21. The van der Waals surface area contributed by atoms with E-state index in [4.69, 9.17) is 10.2 Å². The van der Waals surface area contributed by atoms with Gasteiger partial charge in [0.15, 0.2) is 1.61 Å². The molecule has 2 nitrogen and oxygen atoms in total. The Hall–Kier alpha value is 1.38. The van der Waals surface area contributed by atoms with E-state index in [9.17, 15) is 0 Å². The lowest BCUT2D eigenvalue weighted by Gasteiger charge is -2.10. The molecule has 4 heteroatoms. The number of rotatable bonds is 4. The molecule has 0 saturated carbocycles. The number of alkyl halides is 2. The summed E-state index contributed by atoms with van der Waals surface area (Å²) in [6.45, 7) is 0.226. The second kappa shape index (κ2) is 5.09. The zero-order valence-electron chi connectivity index (χ0n) is 4.98. The zero-order valence-corrected chi connectivity index (χ0v) is 9.29. The number of unbranched alkanes of at least 4 members (excludes halogenated alkanes) is 1. The highest BCUT2D eigenvalue weighted by atomic mass is 127. The summed E-state index contributed by atoms with van der Waals surface area (Å²) in [4.78, 5) is 0. The van der Waals surface area contributed by atoms with Crippen LogP contribution in [-0.2, 0) is 0 Å². The quantitative estimate of drug-likeness (QED) is 0.457. The molecule has 0 bridgehead atoms. The molecule has 0 aromatic rings. The molecule has 0 heterocycles. The summed E-state index contributed by atoms with van der Waals surface area (Å²) >= 11 is 3.95. The average Bonchev–Trinajstić information content (AvgIpc) is 1.63. The first-order chi connectivity index (χ1) is 4.06.